The molecule has 5 nitrogen and oxygen atoms in total. The first kappa shape index (κ1) is 13.3. The molecule has 0 saturated heterocycles. The second-order valence-corrected chi connectivity index (χ2v) is 5.03. The van der Waals surface area contributed by atoms with E-state index in [-0.39, 0.29) is 11.8 Å². The van der Waals surface area contributed by atoms with E-state index in [0.29, 0.717) is 19.4 Å². The number of amides is 2. The number of hydrogen-bond acceptors (Lipinski definition) is 3. The Morgan fingerprint density at radius 1 is 1.29 bits per heavy atom. The Labute approximate surface area is 122 Å². The molecule has 0 spiro atoms. The number of hydrogen-bond donors (Lipinski definition) is 2. The minimum atomic E-state index is -0.0453. The van der Waals surface area contributed by atoms with Crippen molar-refractivity contribution in [2.45, 2.75) is 19.4 Å². The van der Waals surface area contributed by atoms with Gasteiger partial charge in [0.1, 0.15) is 0 Å². The highest BCUT2D eigenvalue weighted by Gasteiger charge is 2.17. The van der Waals surface area contributed by atoms with Gasteiger partial charge in [-0.3, -0.25) is 14.6 Å². The second-order valence-electron chi connectivity index (χ2n) is 5.03. The van der Waals surface area contributed by atoms with Crippen LogP contribution in [0.15, 0.2) is 42.7 Å². The van der Waals surface area contributed by atoms with Gasteiger partial charge in [-0.25, -0.2) is 0 Å². The minimum Gasteiger partial charge on any atom is -0.352 e. The Morgan fingerprint density at radius 2 is 2.19 bits per heavy atom. The first-order valence-corrected chi connectivity index (χ1v) is 6.78. The molecular weight excluding hydrogens is 266 g/mol. The predicted molar refractivity (Wildman–Crippen MR) is 78.6 cm³/mol. The van der Waals surface area contributed by atoms with Crippen LogP contribution >= 0.6 is 0 Å². The van der Waals surface area contributed by atoms with Crippen molar-refractivity contribution in [2.75, 3.05) is 5.32 Å². The Kier molecular flexibility index (Phi) is 3.64. The van der Waals surface area contributed by atoms with Crippen LogP contribution < -0.4 is 10.6 Å². The lowest BCUT2D eigenvalue weighted by molar-refractivity contribution is -0.120. The van der Waals surface area contributed by atoms with Crippen LogP contribution in [0.2, 0.25) is 0 Å². The van der Waals surface area contributed by atoms with Crippen molar-refractivity contribution in [1.29, 1.82) is 0 Å². The number of pyridine rings is 1. The Morgan fingerprint density at radius 3 is 3.00 bits per heavy atom. The van der Waals surface area contributed by atoms with Crippen molar-refractivity contribution in [1.82, 2.24) is 10.3 Å². The summed E-state index contributed by atoms with van der Waals surface area (Å²) >= 11 is 0. The zero-order valence-corrected chi connectivity index (χ0v) is 11.4. The van der Waals surface area contributed by atoms with E-state index in [1.807, 2.05) is 30.3 Å². The number of fused-ring (bicyclic) bond motifs is 1. The zero-order chi connectivity index (χ0) is 14.7. The number of nitrogens with zero attached hydrogens (tertiary/aromatic N) is 1. The van der Waals surface area contributed by atoms with Crippen molar-refractivity contribution in [3.63, 3.8) is 0 Å². The lowest BCUT2D eigenvalue weighted by Crippen LogP contribution is -2.24. The van der Waals surface area contributed by atoms with Gasteiger partial charge >= 0.3 is 0 Å². The van der Waals surface area contributed by atoms with E-state index in [1.54, 1.807) is 12.4 Å². The average molecular weight is 281 g/mol. The third-order valence-corrected chi connectivity index (χ3v) is 3.37. The van der Waals surface area contributed by atoms with E-state index >= 15 is 0 Å². The van der Waals surface area contributed by atoms with E-state index in [9.17, 15) is 9.59 Å². The summed E-state index contributed by atoms with van der Waals surface area (Å²) in [7, 11) is 0. The number of nitrogens with one attached hydrogen (secondary N) is 2. The van der Waals surface area contributed by atoms with Crippen molar-refractivity contribution >= 4 is 17.5 Å². The molecule has 5 heteroatoms. The molecule has 0 unspecified atom stereocenters. The molecule has 1 aliphatic heterocycles. The molecule has 0 bridgehead atoms. The number of aromatic nitrogens is 1. The molecular formula is C16H15N3O2. The third-order valence-electron chi connectivity index (χ3n) is 3.37. The van der Waals surface area contributed by atoms with Crippen molar-refractivity contribution in [3.05, 3.63) is 59.4 Å². The molecule has 0 fully saturated rings. The monoisotopic (exact) mass is 281 g/mol. The number of carbonyl (C=O) groups is 2. The summed E-state index contributed by atoms with van der Waals surface area (Å²) in [5.74, 6) is -0.0423. The van der Waals surface area contributed by atoms with Gasteiger partial charge in [0, 0.05) is 24.6 Å². The van der Waals surface area contributed by atoms with Gasteiger partial charge in [0.25, 0.3) is 0 Å². The van der Waals surface area contributed by atoms with Crippen LogP contribution in [0.3, 0.4) is 0 Å². The van der Waals surface area contributed by atoms with Crippen LogP contribution in [-0.4, -0.2) is 16.8 Å². The normalized spacial score (nSPS) is 12.7. The maximum atomic E-state index is 11.9. The highest BCUT2D eigenvalue weighted by atomic mass is 16.2. The van der Waals surface area contributed by atoms with Crippen LogP contribution in [0.1, 0.15) is 16.7 Å². The van der Waals surface area contributed by atoms with E-state index in [4.69, 9.17) is 0 Å². The van der Waals surface area contributed by atoms with Gasteiger partial charge in [-0.2, -0.15) is 0 Å². The van der Waals surface area contributed by atoms with Crippen molar-refractivity contribution in [3.8, 4) is 0 Å². The Balaban J connectivity index is 1.58. The molecule has 2 heterocycles. The summed E-state index contributed by atoms with van der Waals surface area (Å²) < 4.78 is 0. The zero-order valence-electron chi connectivity index (χ0n) is 11.4. The summed E-state index contributed by atoms with van der Waals surface area (Å²) in [6, 6.07) is 9.39. The molecule has 2 N–H and O–H groups in total. The lowest BCUT2D eigenvalue weighted by atomic mass is 10.1. The molecule has 0 aliphatic carbocycles. The van der Waals surface area contributed by atoms with Gasteiger partial charge in [0.05, 0.1) is 12.8 Å². The minimum absolute atomic E-state index is 0.00294. The lowest BCUT2D eigenvalue weighted by Gasteiger charge is -2.06. The van der Waals surface area contributed by atoms with Crippen molar-refractivity contribution in [2.24, 2.45) is 0 Å². The van der Waals surface area contributed by atoms with Crippen molar-refractivity contribution < 1.29 is 9.59 Å². The molecule has 106 valence electrons. The van der Waals surface area contributed by atoms with Gasteiger partial charge in [-0.15, -0.1) is 0 Å². The molecule has 2 aromatic rings. The van der Waals surface area contributed by atoms with Gasteiger partial charge in [0.2, 0.25) is 11.8 Å². The molecule has 3 rings (SSSR count). The van der Waals surface area contributed by atoms with Gasteiger partial charge in [-0.1, -0.05) is 18.2 Å². The standard InChI is InChI=1S/C16H15N3O2/c20-15(18-10-12-2-1-5-17-9-12)7-11-3-4-14-13(6-11)8-16(21)19-14/h1-6,9H,7-8,10H2,(H,18,20)(H,19,21). The highest BCUT2D eigenvalue weighted by molar-refractivity contribution is 5.99. The first-order chi connectivity index (χ1) is 10.2. The topological polar surface area (TPSA) is 71.1 Å². The summed E-state index contributed by atoms with van der Waals surface area (Å²) in [4.78, 5) is 27.2. The van der Waals surface area contributed by atoms with Gasteiger partial charge in [-0.05, 0) is 28.8 Å². The third kappa shape index (κ3) is 3.25. The molecule has 0 atom stereocenters. The molecule has 1 aromatic heterocycles. The fourth-order valence-corrected chi connectivity index (χ4v) is 2.34. The van der Waals surface area contributed by atoms with Gasteiger partial charge < -0.3 is 10.6 Å². The molecule has 1 aliphatic rings. The van der Waals surface area contributed by atoms with E-state index in [1.165, 1.54) is 0 Å². The summed E-state index contributed by atoms with van der Waals surface area (Å²) in [6.45, 7) is 0.470. The van der Waals surface area contributed by atoms with Crippen LogP contribution in [0, 0.1) is 0 Å². The van der Waals surface area contributed by atoms with Crippen LogP contribution in [0.25, 0.3) is 0 Å². The summed E-state index contributed by atoms with van der Waals surface area (Å²) in [5.41, 5.74) is 3.68. The van der Waals surface area contributed by atoms with Crippen LogP contribution in [-0.2, 0) is 29.0 Å². The van der Waals surface area contributed by atoms with Crippen LogP contribution in [0.5, 0.6) is 0 Å². The van der Waals surface area contributed by atoms with Crippen LogP contribution in [0.4, 0.5) is 5.69 Å². The van der Waals surface area contributed by atoms with E-state index in [2.05, 4.69) is 15.6 Å². The molecule has 21 heavy (non-hydrogen) atoms. The van der Waals surface area contributed by atoms with E-state index in [0.717, 1.165) is 22.4 Å². The number of anilines is 1. The largest absolute Gasteiger partial charge is 0.352 e. The molecule has 1 aromatic carbocycles. The number of carbonyl (C=O) groups excluding carboxylic acids is 2. The molecule has 0 saturated carbocycles. The molecule has 2 amide bonds. The smallest absolute Gasteiger partial charge is 0.228 e. The number of benzene rings is 1. The quantitative estimate of drug-likeness (QED) is 0.890. The summed E-state index contributed by atoms with van der Waals surface area (Å²) in [6.07, 6.45) is 4.13. The molecule has 0 radical (unpaired) electrons. The Bertz CT molecular complexity index is 683. The maximum Gasteiger partial charge on any atom is 0.228 e. The first-order valence-electron chi connectivity index (χ1n) is 6.78. The highest BCUT2D eigenvalue weighted by Crippen LogP contribution is 2.23. The summed E-state index contributed by atoms with van der Waals surface area (Å²) in [5, 5.41) is 5.64. The average Bonchev–Trinajstić information content (AvgIpc) is 2.85. The van der Waals surface area contributed by atoms with Gasteiger partial charge in [0.15, 0.2) is 0 Å². The predicted octanol–water partition coefficient (Wildman–Crippen LogP) is 1.44. The SMILES string of the molecule is O=C(Cc1ccc2c(c1)CC(=O)N2)NCc1cccnc1. The maximum absolute atomic E-state index is 11.9. The fraction of sp³-hybridized carbons (Fsp3) is 0.188. The van der Waals surface area contributed by atoms with E-state index < -0.39 is 0 Å². The number of rotatable bonds is 4. The Hall–Kier alpha value is -2.69. The fourth-order valence-electron chi connectivity index (χ4n) is 2.34. The second kappa shape index (κ2) is 5.75.